The Morgan fingerprint density at radius 1 is 1.23 bits per heavy atom. The van der Waals surface area contributed by atoms with Crippen molar-refractivity contribution in [1.29, 1.82) is 0 Å². The molecular formula is C19H29IN4OS. The van der Waals surface area contributed by atoms with E-state index in [1.165, 1.54) is 5.01 Å². The van der Waals surface area contributed by atoms with Crippen molar-refractivity contribution in [3.63, 3.8) is 0 Å². The van der Waals surface area contributed by atoms with Gasteiger partial charge in [-0.1, -0.05) is 37.3 Å². The lowest BCUT2D eigenvalue weighted by Crippen LogP contribution is -2.39. The monoisotopic (exact) mass is 488 g/mol. The Kier molecular flexibility index (Phi) is 10.1. The molecular weight excluding hydrogens is 459 g/mol. The van der Waals surface area contributed by atoms with Gasteiger partial charge in [0.05, 0.1) is 17.2 Å². The Balaban J connectivity index is 0.00000338. The SMILES string of the molecule is CCNC(=NCC(C)(O)c1ccccc1)NCCc1csc(CC)n1.I. The van der Waals surface area contributed by atoms with Gasteiger partial charge in [-0.3, -0.25) is 0 Å². The summed E-state index contributed by atoms with van der Waals surface area (Å²) in [6, 6.07) is 9.63. The van der Waals surface area contributed by atoms with E-state index in [0.29, 0.717) is 12.5 Å². The van der Waals surface area contributed by atoms with Gasteiger partial charge in [-0.25, -0.2) is 9.98 Å². The molecule has 0 aliphatic carbocycles. The molecule has 3 N–H and O–H groups in total. The van der Waals surface area contributed by atoms with Gasteiger partial charge in [0, 0.05) is 24.9 Å². The summed E-state index contributed by atoms with van der Waals surface area (Å²) in [6.07, 6.45) is 1.84. The molecule has 144 valence electrons. The first-order valence-corrected chi connectivity index (χ1v) is 9.66. The van der Waals surface area contributed by atoms with Crippen LogP contribution in [0, 0.1) is 0 Å². The maximum Gasteiger partial charge on any atom is 0.191 e. The number of aliphatic hydroxyl groups is 1. The number of guanidine groups is 1. The van der Waals surface area contributed by atoms with Crippen molar-refractivity contribution in [2.75, 3.05) is 19.6 Å². The quantitative estimate of drug-likeness (QED) is 0.303. The summed E-state index contributed by atoms with van der Waals surface area (Å²) in [4.78, 5) is 9.12. The number of aliphatic imine (C=N–C) groups is 1. The fourth-order valence-electron chi connectivity index (χ4n) is 2.40. The second kappa shape index (κ2) is 11.5. The fourth-order valence-corrected chi connectivity index (χ4v) is 3.18. The summed E-state index contributed by atoms with van der Waals surface area (Å²) in [5.74, 6) is 0.713. The van der Waals surface area contributed by atoms with Gasteiger partial charge in [0.1, 0.15) is 5.60 Å². The molecule has 0 saturated carbocycles. The molecule has 0 bridgehead atoms. The molecule has 2 rings (SSSR count). The molecule has 1 unspecified atom stereocenters. The van der Waals surface area contributed by atoms with Crippen molar-refractivity contribution in [3.05, 3.63) is 52.0 Å². The van der Waals surface area contributed by atoms with Crippen LogP contribution >= 0.6 is 35.3 Å². The topological polar surface area (TPSA) is 69.5 Å². The molecule has 1 aromatic carbocycles. The highest BCUT2D eigenvalue weighted by Gasteiger charge is 2.22. The molecule has 0 saturated heterocycles. The standard InChI is InChI=1S/C19H28N4OS.HI/c1-4-17-23-16(13-25-17)11-12-21-18(20-5-2)22-14-19(3,24)15-9-7-6-8-10-15;/h6-10,13,24H,4-5,11-12,14H2,1-3H3,(H2,20,21,22);1H. The average molecular weight is 488 g/mol. The predicted molar refractivity (Wildman–Crippen MR) is 121 cm³/mol. The van der Waals surface area contributed by atoms with Crippen LogP contribution in [0.15, 0.2) is 40.7 Å². The number of aryl methyl sites for hydroxylation is 1. The van der Waals surface area contributed by atoms with Crippen molar-refractivity contribution in [3.8, 4) is 0 Å². The molecule has 2 aromatic rings. The molecule has 0 fully saturated rings. The van der Waals surface area contributed by atoms with Crippen LogP contribution in [0.3, 0.4) is 0 Å². The van der Waals surface area contributed by atoms with Gasteiger partial charge in [-0.05, 0) is 25.8 Å². The number of nitrogens with one attached hydrogen (secondary N) is 2. The highest BCUT2D eigenvalue weighted by molar-refractivity contribution is 14.0. The normalized spacial score (nSPS) is 13.6. The Hall–Kier alpha value is -1.19. The Morgan fingerprint density at radius 3 is 2.58 bits per heavy atom. The first-order chi connectivity index (χ1) is 12.0. The van der Waals surface area contributed by atoms with Crippen molar-refractivity contribution in [1.82, 2.24) is 15.6 Å². The average Bonchev–Trinajstić information content (AvgIpc) is 3.08. The number of hydrogen-bond acceptors (Lipinski definition) is 4. The Morgan fingerprint density at radius 2 is 1.96 bits per heavy atom. The van der Waals surface area contributed by atoms with Gasteiger partial charge in [0.15, 0.2) is 5.96 Å². The number of hydrogen-bond donors (Lipinski definition) is 3. The molecule has 1 heterocycles. The van der Waals surface area contributed by atoms with E-state index in [2.05, 4.69) is 32.9 Å². The van der Waals surface area contributed by atoms with Gasteiger partial charge in [-0.15, -0.1) is 35.3 Å². The third kappa shape index (κ3) is 7.20. The minimum atomic E-state index is -0.992. The molecule has 0 aliphatic heterocycles. The van der Waals surface area contributed by atoms with Crippen LogP contribution in [0.1, 0.15) is 37.0 Å². The summed E-state index contributed by atoms with van der Waals surface area (Å²) in [6.45, 7) is 7.76. The molecule has 0 amide bonds. The molecule has 1 aromatic heterocycles. The summed E-state index contributed by atoms with van der Waals surface area (Å²) >= 11 is 1.71. The van der Waals surface area contributed by atoms with Gasteiger partial charge < -0.3 is 15.7 Å². The molecule has 0 radical (unpaired) electrons. The van der Waals surface area contributed by atoms with Gasteiger partial charge >= 0.3 is 0 Å². The van der Waals surface area contributed by atoms with E-state index >= 15 is 0 Å². The second-order valence-electron chi connectivity index (χ2n) is 6.10. The zero-order valence-corrected chi connectivity index (χ0v) is 18.8. The number of benzene rings is 1. The Labute approximate surface area is 177 Å². The van der Waals surface area contributed by atoms with E-state index in [4.69, 9.17) is 0 Å². The minimum Gasteiger partial charge on any atom is -0.384 e. The highest BCUT2D eigenvalue weighted by atomic mass is 127. The fraction of sp³-hybridized carbons (Fsp3) is 0.474. The lowest BCUT2D eigenvalue weighted by atomic mass is 9.96. The molecule has 26 heavy (non-hydrogen) atoms. The van der Waals surface area contributed by atoms with Gasteiger partial charge in [-0.2, -0.15) is 0 Å². The van der Waals surface area contributed by atoms with E-state index in [1.54, 1.807) is 18.3 Å². The number of rotatable bonds is 8. The van der Waals surface area contributed by atoms with Crippen molar-refractivity contribution < 1.29 is 5.11 Å². The summed E-state index contributed by atoms with van der Waals surface area (Å²) in [7, 11) is 0. The molecule has 1 atom stereocenters. The van der Waals surface area contributed by atoms with Crippen LogP contribution in [0.4, 0.5) is 0 Å². The predicted octanol–water partition coefficient (Wildman–Crippen LogP) is 3.33. The number of aromatic nitrogens is 1. The van der Waals surface area contributed by atoms with Crippen LogP contribution in [0.25, 0.3) is 0 Å². The third-order valence-corrected chi connectivity index (χ3v) is 4.90. The van der Waals surface area contributed by atoms with Crippen LogP contribution in [-0.2, 0) is 18.4 Å². The zero-order valence-electron chi connectivity index (χ0n) is 15.7. The first kappa shape index (κ1) is 22.9. The van der Waals surface area contributed by atoms with Crippen LogP contribution in [-0.4, -0.2) is 35.7 Å². The number of halogens is 1. The smallest absolute Gasteiger partial charge is 0.191 e. The van der Waals surface area contributed by atoms with E-state index < -0.39 is 5.60 Å². The molecule has 5 nitrogen and oxygen atoms in total. The van der Waals surface area contributed by atoms with E-state index in [9.17, 15) is 5.11 Å². The van der Waals surface area contributed by atoms with Crippen molar-refractivity contribution in [2.45, 2.75) is 39.2 Å². The van der Waals surface area contributed by atoms with E-state index in [-0.39, 0.29) is 24.0 Å². The van der Waals surface area contributed by atoms with E-state index in [0.717, 1.165) is 37.2 Å². The lowest BCUT2D eigenvalue weighted by molar-refractivity contribution is 0.0672. The third-order valence-electron chi connectivity index (χ3n) is 3.86. The molecule has 7 heteroatoms. The summed E-state index contributed by atoms with van der Waals surface area (Å²) in [5, 5.41) is 20.5. The summed E-state index contributed by atoms with van der Waals surface area (Å²) < 4.78 is 0. The lowest BCUT2D eigenvalue weighted by Gasteiger charge is -2.22. The zero-order chi connectivity index (χ0) is 18.1. The van der Waals surface area contributed by atoms with Crippen LogP contribution < -0.4 is 10.6 Å². The van der Waals surface area contributed by atoms with E-state index in [1.807, 2.05) is 37.3 Å². The van der Waals surface area contributed by atoms with Crippen LogP contribution in [0.2, 0.25) is 0 Å². The second-order valence-corrected chi connectivity index (χ2v) is 7.04. The largest absolute Gasteiger partial charge is 0.384 e. The van der Waals surface area contributed by atoms with Gasteiger partial charge in [0.2, 0.25) is 0 Å². The first-order valence-electron chi connectivity index (χ1n) is 8.78. The molecule has 0 spiro atoms. The minimum absolute atomic E-state index is 0. The summed E-state index contributed by atoms with van der Waals surface area (Å²) in [5.41, 5.74) is 0.986. The van der Waals surface area contributed by atoms with Crippen molar-refractivity contribution >= 4 is 41.3 Å². The maximum absolute atomic E-state index is 10.7. The number of nitrogens with zero attached hydrogens (tertiary/aromatic N) is 2. The Bertz CT molecular complexity index is 673. The maximum atomic E-state index is 10.7. The van der Waals surface area contributed by atoms with Crippen LogP contribution in [0.5, 0.6) is 0 Å². The highest BCUT2D eigenvalue weighted by Crippen LogP contribution is 2.20. The molecule has 0 aliphatic rings. The van der Waals surface area contributed by atoms with Gasteiger partial charge in [0.25, 0.3) is 0 Å². The number of thiazole rings is 1. The van der Waals surface area contributed by atoms with Crippen molar-refractivity contribution in [2.24, 2.45) is 4.99 Å².